The number of fused-ring (bicyclic) bond motifs is 1. The van der Waals surface area contributed by atoms with Crippen molar-refractivity contribution in [1.82, 2.24) is 9.97 Å². The van der Waals surface area contributed by atoms with Crippen LogP contribution in [-0.4, -0.2) is 15.9 Å². The van der Waals surface area contributed by atoms with E-state index in [1.54, 1.807) is 24.4 Å². The Kier molecular flexibility index (Phi) is 3.96. The Balaban J connectivity index is 1.55. The number of oxazole rings is 1. The summed E-state index contributed by atoms with van der Waals surface area (Å²) >= 11 is 0. The zero-order valence-corrected chi connectivity index (χ0v) is 13.3. The van der Waals surface area contributed by atoms with Gasteiger partial charge in [0.05, 0.1) is 5.56 Å². The molecule has 0 bridgehead atoms. The van der Waals surface area contributed by atoms with Crippen molar-refractivity contribution >= 4 is 22.7 Å². The zero-order chi connectivity index (χ0) is 17.1. The Hall–Kier alpha value is -3.47. The number of hydrogen-bond acceptors (Lipinski definition) is 4. The molecule has 0 aliphatic heterocycles. The first kappa shape index (κ1) is 15.1. The fraction of sp³-hybridized carbons (Fsp3) is 0.0500. The lowest BCUT2D eigenvalue weighted by molar-refractivity contribution is 0.102. The number of nitrogens with zero attached hydrogens (tertiary/aromatic N) is 2. The van der Waals surface area contributed by atoms with Crippen molar-refractivity contribution in [2.75, 3.05) is 5.32 Å². The quantitative estimate of drug-likeness (QED) is 0.613. The molecule has 0 spiro atoms. The number of amides is 1. The molecule has 122 valence electrons. The molecule has 0 aliphatic rings. The van der Waals surface area contributed by atoms with Gasteiger partial charge in [-0.3, -0.25) is 9.78 Å². The lowest BCUT2D eigenvalue weighted by Gasteiger charge is -2.04. The molecule has 2 heterocycles. The van der Waals surface area contributed by atoms with Gasteiger partial charge in [0.25, 0.3) is 5.91 Å². The third-order valence-corrected chi connectivity index (χ3v) is 3.81. The average molecular weight is 329 g/mol. The molecule has 2 aromatic carbocycles. The Bertz CT molecular complexity index is 1010. The lowest BCUT2D eigenvalue weighted by atomic mass is 10.1. The van der Waals surface area contributed by atoms with Crippen LogP contribution in [0.2, 0.25) is 0 Å². The number of aromatic nitrogens is 2. The van der Waals surface area contributed by atoms with E-state index >= 15 is 0 Å². The van der Waals surface area contributed by atoms with Crippen LogP contribution in [0, 0.1) is 0 Å². The van der Waals surface area contributed by atoms with Crippen molar-refractivity contribution < 1.29 is 9.21 Å². The van der Waals surface area contributed by atoms with E-state index in [2.05, 4.69) is 15.3 Å². The van der Waals surface area contributed by atoms with Crippen LogP contribution < -0.4 is 5.32 Å². The summed E-state index contributed by atoms with van der Waals surface area (Å²) in [5, 5.41) is 2.85. The number of pyridine rings is 1. The molecular weight excluding hydrogens is 314 g/mol. The van der Waals surface area contributed by atoms with Crippen molar-refractivity contribution in [2.45, 2.75) is 6.42 Å². The average Bonchev–Trinajstić information content (AvgIpc) is 3.04. The number of nitrogens with one attached hydrogen (secondary N) is 1. The van der Waals surface area contributed by atoms with Gasteiger partial charge in [-0.05, 0) is 35.9 Å². The minimum absolute atomic E-state index is 0.208. The molecule has 5 nitrogen and oxygen atoms in total. The second-order valence-corrected chi connectivity index (χ2v) is 5.65. The van der Waals surface area contributed by atoms with Crippen LogP contribution in [0.15, 0.2) is 77.5 Å². The molecule has 0 atom stereocenters. The highest BCUT2D eigenvalue weighted by Crippen LogP contribution is 2.22. The van der Waals surface area contributed by atoms with Gasteiger partial charge in [0, 0.05) is 24.5 Å². The molecule has 25 heavy (non-hydrogen) atoms. The molecule has 4 rings (SSSR count). The first-order valence-electron chi connectivity index (χ1n) is 7.93. The van der Waals surface area contributed by atoms with E-state index in [0.29, 0.717) is 29.1 Å². The maximum Gasteiger partial charge on any atom is 0.257 e. The number of carbonyl (C=O) groups excluding carboxylic acids is 1. The highest BCUT2D eigenvalue weighted by Gasteiger charge is 2.10. The predicted molar refractivity (Wildman–Crippen MR) is 95.4 cm³/mol. The van der Waals surface area contributed by atoms with Gasteiger partial charge in [0.15, 0.2) is 11.5 Å². The Morgan fingerprint density at radius 3 is 2.72 bits per heavy atom. The van der Waals surface area contributed by atoms with Crippen molar-refractivity contribution in [3.63, 3.8) is 0 Å². The molecule has 4 aromatic rings. The highest BCUT2D eigenvalue weighted by molar-refractivity contribution is 6.04. The van der Waals surface area contributed by atoms with Crippen molar-refractivity contribution in [2.24, 2.45) is 0 Å². The summed E-state index contributed by atoms with van der Waals surface area (Å²) in [7, 11) is 0. The monoisotopic (exact) mass is 329 g/mol. The van der Waals surface area contributed by atoms with E-state index in [4.69, 9.17) is 4.42 Å². The third kappa shape index (κ3) is 3.40. The zero-order valence-electron chi connectivity index (χ0n) is 13.3. The molecular formula is C20H15N3O2. The van der Waals surface area contributed by atoms with Gasteiger partial charge in [-0.1, -0.05) is 30.3 Å². The normalized spacial score (nSPS) is 10.7. The first-order chi connectivity index (χ1) is 12.3. The summed E-state index contributed by atoms with van der Waals surface area (Å²) in [6.07, 6.45) is 3.79. The molecule has 0 unspecified atom stereocenters. The van der Waals surface area contributed by atoms with Crippen molar-refractivity contribution in [1.29, 1.82) is 0 Å². The number of benzene rings is 2. The van der Waals surface area contributed by atoms with Gasteiger partial charge < -0.3 is 9.73 Å². The fourth-order valence-electron chi connectivity index (χ4n) is 2.60. The summed E-state index contributed by atoms with van der Waals surface area (Å²) in [5.41, 5.74) is 3.73. The summed E-state index contributed by atoms with van der Waals surface area (Å²) in [5.74, 6) is 0.442. The van der Waals surface area contributed by atoms with Gasteiger partial charge in [-0.25, -0.2) is 4.98 Å². The van der Waals surface area contributed by atoms with Gasteiger partial charge in [0.1, 0.15) is 5.52 Å². The molecule has 5 heteroatoms. The van der Waals surface area contributed by atoms with Gasteiger partial charge >= 0.3 is 0 Å². The maximum atomic E-state index is 12.2. The smallest absolute Gasteiger partial charge is 0.257 e. The van der Waals surface area contributed by atoms with Crippen LogP contribution in [-0.2, 0) is 6.42 Å². The van der Waals surface area contributed by atoms with E-state index in [0.717, 1.165) is 11.1 Å². The summed E-state index contributed by atoms with van der Waals surface area (Å²) in [4.78, 5) is 20.7. The molecule has 0 saturated carbocycles. The topological polar surface area (TPSA) is 68.0 Å². The van der Waals surface area contributed by atoms with Crippen LogP contribution in [0.5, 0.6) is 0 Å². The van der Waals surface area contributed by atoms with E-state index in [9.17, 15) is 4.79 Å². The molecule has 1 N–H and O–H groups in total. The van der Waals surface area contributed by atoms with E-state index in [-0.39, 0.29) is 5.91 Å². The van der Waals surface area contributed by atoms with Crippen LogP contribution >= 0.6 is 0 Å². The Morgan fingerprint density at radius 2 is 1.92 bits per heavy atom. The lowest BCUT2D eigenvalue weighted by Crippen LogP contribution is -2.11. The third-order valence-electron chi connectivity index (χ3n) is 3.81. The second kappa shape index (κ2) is 6.57. The molecule has 2 aromatic heterocycles. The highest BCUT2D eigenvalue weighted by atomic mass is 16.3. The van der Waals surface area contributed by atoms with Crippen LogP contribution in [0.3, 0.4) is 0 Å². The van der Waals surface area contributed by atoms with Crippen LogP contribution in [0.25, 0.3) is 11.1 Å². The molecule has 0 saturated heterocycles. The number of carbonyl (C=O) groups is 1. The standard InChI is InChI=1S/C20H15N3O2/c24-20(15-7-4-10-21-13-15)22-16-8-9-18-17(12-16)23-19(25-18)11-14-5-2-1-3-6-14/h1-10,12-13H,11H2,(H,22,24). The summed E-state index contributed by atoms with van der Waals surface area (Å²) in [6.45, 7) is 0. The number of rotatable bonds is 4. The molecule has 0 fully saturated rings. The van der Waals surface area contributed by atoms with Gasteiger partial charge in [-0.15, -0.1) is 0 Å². The number of hydrogen-bond donors (Lipinski definition) is 1. The Morgan fingerprint density at radius 1 is 1.04 bits per heavy atom. The largest absolute Gasteiger partial charge is 0.440 e. The summed E-state index contributed by atoms with van der Waals surface area (Å²) in [6, 6.07) is 18.9. The molecule has 0 radical (unpaired) electrons. The SMILES string of the molecule is O=C(Nc1ccc2oc(Cc3ccccc3)nc2c1)c1cccnc1. The second-order valence-electron chi connectivity index (χ2n) is 5.65. The van der Waals surface area contributed by atoms with Crippen LogP contribution in [0.4, 0.5) is 5.69 Å². The van der Waals surface area contributed by atoms with Crippen molar-refractivity contribution in [3.8, 4) is 0 Å². The Labute approximate surface area is 144 Å². The van der Waals surface area contributed by atoms with E-state index in [1.165, 1.54) is 6.20 Å². The minimum atomic E-state index is -0.208. The van der Waals surface area contributed by atoms with E-state index < -0.39 is 0 Å². The predicted octanol–water partition coefficient (Wildman–Crippen LogP) is 4.07. The van der Waals surface area contributed by atoms with Gasteiger partial charge in [-0.2, -0.15) is 0 Å². The van der Waals surface area contributed by atoms with Crippen molar-refractivity contribution in [3.05, 3.63) is 90.1 Å². The fourth-order valence-corrected chi connectivity index (χ4v) is 2.60. The summed E-state index contributed by atoms with van der Waals surface area (Å²) < 4.78 is 5.78. The molecule has 0 aliphatic carbocycles. The maximum absolute atomic E-state index is 12.2. The number of anilines is 1. The molecule has 1 amide bonds. The minimum Gasteiger partial charge on any atom is -0.440 e. The van der Waals surface area contributed by atoms with E-state index in [1.807, 2.05) is 42.5 Å². The van der Waals surface area contributed by atoms with Crippen LogP contribution in [0.1, 0.15) is 21.8 Å². The van der Waals surface area contributed by atoms with Gasteiger partial charge in [0.2, 0.25) is 0 Å². The first-order valence-corrected chi connectivity index (χ1v) is 7.93.